The molecule has 2 bridgehead atoms. The first-order valence-corrected chi connectivity index (χ1v) is 10.3. The van der Waals surface area contributed by atoms with Crippen LogP contribution in [-0.4, -0.2) is 116 Å². The topological polar surface area (TPSA) is 76.3 Å². The number of fused-ring (bicyclic) bond motifs is 3. The molecule has 0 aliphatic carbocycles. The van der Waals surface area contributed by atoms with Crippen molar-refractivity contribution in [2.24, 2.45) is 11.7 Å². The number of likely N-dealkylation sites (N-methyl/N-ethyl adjacent to an activating group) is 1. The van der Waals surface area contributed by atoms with Crippen molar-refractivity contribution in [3.8, 4) is 0 Å². The SMILES string of the molecule is CC(N)CC(CN1CCCN2CCN(C)CCCN(CC2)CC1)C(=O)O. The average Bonchev–Trinajstić information content (AvgIpc) is 2.58. The van der Waals surface area contributed by atoms with E-state index in [2.05, 4.69) is 26.6 Å². The Morgan fingerprint density at radius 1 is 0.923 bits per heavy atom. The lowest BCUT2D eigenvalue weighted by atomic mass is 10.0. The molecule has 2 aliphatic heterocycles. The number of hydrogen-bond donors (Lipinski definition) is 2. The molecule has 2 rings (SSSR count). The van der Waals surface area contributed by atoms with Gasteiger partial charge in [0.2, 0.25) is 0 Å². The minimum atomic E-state index is -0.713. The highest BCUT2D eigenvalue weighted by Gasteiger charge is 2.24. The molecule has 3 N–H and O–H groups in total. The van der Waals surface area contributed by atoms with Gasteiger partial charge in [0, 0.05) is 51.9 Å². The van der Waals surface area contributed by atoms with Gasteiger partial charge >= 0.3 is 5.97 Å². The largest absolute Gasteiger partial charge is 0.481 e. The van der Waals surface area contributed by atoms with E-state index in [0.29, 0.717) is 13.0 Å². The van der Waals surface area contributed by atoms with Crippen molar-refractivity contribution in [1.82, 2.24) is 19.6 Å². The van der Waals surface area contributed by atoms with Gasteiger partial charge in [0.15, 0.2) is 0 Å². The first kappa shape index (κ1) is 21.6. The zero-order valence-electron chi connectivity index (χ0n) is 16.8. The minimum Gasteiger partial charge on any atom is -0.481 e. The van der Waals surface area contributed by atoms with Gasteiger partial charge in [-0.15, -0.1) is 0 Å². The van der Waals surface area contributed by atoms with E-state index in [4.69, 9.17) is 5.73 Å². The maximum Gasteiger partial charge on any atom is 0.307 e. The summed E-state index contributed by atoms with van der Waals surface area (Å²) in [5.41, 5.74) is 5.87. The summed E-state index contributed by atoms with van der Waals surface area (Å²) in [7, 11) is 2.22. The van der Waals surface area contributed by atoms with Crippen molar-refractivity contribution in [2.45, 2.75) is 32.2 Å². The molecule has 0 aromatic carbocycles. The van der Waals surface area contributed by atoms with Crippen LogP contribution in [0.5, 0.6) is 0 Å². The lowest BCUT2D eigenvalue weighted by molar-refractivity contribution is -0.142. The van der Waals surface area contributed by atoms with Gasteiger partial charge < -0.3 is 30.4 Å². The summed E-state index contributed by atoms with van der Waals surface area (Å²) >= 11 is 0. The summed E-state index contributed by atoms with van der Waals surface area (Å²) < 4.78 is 0. The predicted octanol–water partition coefficient (Wildman–Crippen LogP) is 0.0697. The van der Waals surface area contributed by atoms with E-state index in [1.54, 1.807) is 0 Å². The fourth-order valence-electron chi connectivity index (χ4n) is 4.05. The average molecular weight is 370 g/mol. The first-order valence-electron chi connectivity index (χ1n) is 10.3. The van der Waals surface area contributed by atoms with Gasteiger partial charge in [-0.3, -0.25) is 4.79 Å². The standard InChI is InChI=1S/C19H39N5O2/c1-17(20)15-18(19(25)26)16-24-8-4-7-22-10-9-21(2)5-3-6-23(12-11-22)13-14-24/h17-18H,3-16,20H2,1-2H3,(H,25,26). The molecule has 0 radical (unpaired) electrons. The molecule has 2 fully saturated rings. The van der Waals surface area contributed by atoms with E-state index in [0.717, 1.165) is 71.9 Å². The maximum absolute atomic E-state index is 11.6. The predicted molar refractivity (Wildman–Crippen MR) is 105 cm³/mol. The molecule has 0 saturated carbocycles. The fourth-order valence-corrected chi connectivity index (χ4v) is 4.05. The normalized spacial score (nSPS) is 29.8. The third-order valence-corrected chi connectivity index (χ3v) is 5.71. The Morgan fingerprint density at radius 2 is 1.50 bits per heavy atom. The van der Waals surface area contributed by atoms with Crippen LogP contribution in [0.4, 0.5) is 0 Å². The van der Waals surface area contributed by atoms with Gasteiger partial charge in [-0.1, -0.05) is 0 Å². The van der Waals surface area contributed by atoms with Crippen molar-refractivity contribution in [2.75, 3.05) is 79.0 Å². The van der Waals surface area contributed by atoms with Crippen LogP contribution in [-0.2, 0) is 4.79 Å². The molecule has 0 spiro atoms. The lowest BCUT2D eigenvalue weighted by Crippen LogP contribution is -2.47. The highest BCUT2D eigenvalue weighted by Crippen LogP contribution is 2.11. The molecule has 0 aromatic heterocycles. The molecule has 7 heteroatoms. The van der Waals surface area contributed by atoms with Gasteiger partial charge in [-0.25, -0.2) is 0 Å². The molecule has 4 unspecified atom stereocenters. The fraction of sp³-hybridized carbons (Fsp3) is 0.947. The van der Waals surface area contributed by atoms with Crippen LogP contribution in [0, 0.1) is 5.92 Å². The number of nitrogens with zero attached hydrogens (tertiary/aromatic N) is 4. The van der Waals surface area contributed by atoms with E-state index in [-0.39, 0.29) is 12.0 Å². The molecule has 26 heavy (non-hydrogen) atoms. The van der Waals surface area contributed by atoms with Crippen molar-refractivity contribution in [3.05, 3.63) is 0 Å². The second-order valence-electron chi connectivity index (χ2n) is 8.24. The molecule has 4 atom stereocenters. The van der Waals surface area contributed by atoms with Gasteiger partial charge in [0.1, 0.15) is 0 Å². The number of rotatable bonds is 5. The maximum atomic E-state index is 11.6. The van der Waals surface area contributed by atoms with Gasteiger partial charge in [0.25, 0.3) is 0 Å². The number of carbonyl (C=O) groups is 1. The van der Waals surface area contributed by atoms with Crippen molar-refractivity contribution >= 4 is 5.97 Å². The van der Waals surface area contributed by atoms with Crippen LogP contribution < -0.4 is 5.73 Å². The van der Waals surface area contributed by atoms with Crippen LogP contribution in [0.15, 0.2) is 0 Å². The minimum absolute atomic E-state index is 0.0707. The van der Waals surface area contributed by atoms with Crippen LogP contribution in [0.3, 0.4) is 0 Å². The summed E-state index contributed by atoms with van der Waals surface area (Å²) in [5.74, 6) is -1.08. The third-order valence-electron chi connectivity index (χ3n) is 5.71. The summed E-state index contributed by atoms with van der Waals surface area (Å²) in [6.45, 7) is 13.4. The number of hydrogen-bond acceptors (Lipinski definition) is 6. The molecule has 152 valence electrons. The van der Waals surface area contributed by atoms with Crippen molar-refractivity contribution in [1.29, 1.82) is 0 Å². The zero-order valence-corrected chi connectivity index (χ0v) is 16.8. The lowest BCUT2D eigenvalue weighted by Gasteiger charge is -2.35. The summed E-state index contributed by atoms with van der Waals surface area (Å²) in [6, 6.07) is -0.0707. The molecule has 2 aliphatic rings. The molecule has 2 saturated heterocycles. The highest BCUT2D eigenvalue weighted by molar-refractivity contribution is 5.70. The molecular formula is C19H39N5O2. The van der Waals surface area contributed by atoms with Crippen molar-refractivity contribution < 1.29 is 9.90 Å². The summed E-state index contributed by atoms with van der Waals surface area (Å²) in [4.78, 5) is 21.6. The van der Waals surface area contributed by atoms with Gasteiger partial charge in [-0.2, -0.15) is 0 Å². The molecule has 0 amide bonds. The molecule has 7 nitrogen and oxygen atoms in total. The second-order valence-corrected chi connectivity index (χ2v) is 8.24. The van der Waals surface area contributed by atoms with Crippen LogP contribution >= 0.6 is 0 Å². The summed E-state index contributed by atoms with van der Waals surface area (Å²) in [6.07, 6.45) is 2.86. The Hall–Kier alpha value is -0.730. The number of aliphatic carboxylic acids is 1. The Bertz CT molecular complexity index is 421. The number of carboxylic acids is 1. The monoisotopic (exact) mass is 369 g/mol. The highest BCUT2D eigenvalue weighted by atomic mass is 16.4. The van der Waals surface area contributed by atoms with E-state index in [9.17, 15) is 9.90 Å². The Labute approximate surface area is 159 Å². The number of nitrogens with two attached hydrogens (primary N) is 1. The van der Waals surface area contributed by atoms with Crippen molar-refractivity contribution in [3.63, 3.8) is 0 Å². The first-order chi connectivity index (χ1) is 12.4. The van der Waals surface area contributed by atoms with Gasteiger partial charge in [0.05, 0.1) is 5.92 Å². The number of carboxylic acid groups (broad SMARTS) is 1. The Kier molecular flexibility index (Phi) is 9.28. The van der Waals surface area contributed by atoms with E-state index < -0.39 is 5.97 Å². The molecule has 0 aromatic rings. The Morgan fingerprint density at radius 3 is 2.12 bits per heavy atom. The molecular weight excluding hydrogens is 330 g/mol. The third kappa shape index (κ3) is 7.88. The Balaban J connectivity index is 1.97. The zero-order chi connectivity index (χ0) is 18.9. The van der Waals surface area contributed by atoms with E-state index in [1.807, 2.05) is 6.92 Å². The quantitative estimate of drug-likeness (QED) is 0.710. The molecule has 2 heterocycles. The van der Waals surface area contributed by atoms with Crippen LogP contribution in [0.1, 0.15) is 26.2 Å². The van der Waals surface area contributed by atoms with E-state index in [1.165, 1.54) is 6.42 Å². The van der Waals surface area contributed by atoms with Crippen LogP contribution in [0.25, 0.3) is 0 Å². The smallest absolute Gasteiger partial charge is 0.307 e. The second kappa shape index (κ2) is 11.2. The summed E-state index contributed by atoms with van der Waals surface area (Å²) in [5, 5.41) is 9.55. The van der Waals surface area contributed by atoms with Gasteiger partial charge in [-0.05, 0) is 59.4 Å². The van der Waals surface area contributed by atoms with Crippen LogP contribution in [0.2, 0.25) is 0 Å². The van der Waals surface area contributed by atoms with E-state index >= 15 is 0 Å².